The molecule has 5 nitrogen and oxygen atoms in total. The molecule has 0 spiro atoms. The van der Waals surface area contributed by atoms with Gasteiger partial charge in [0.25, 0.3) is 5.91 Å². The molecule has 1 atom stereocenters. The number of aryl methyl sites for hydroxylation is 1. The van der Waals surface area contributed by atoms with Crippen molar-refractivity contribution in [3.05, 3.63) is 52.3 Å². The molecule has 3 aromatic rings. The summed E-state index contributed by atoms with van der Waals surface area (Å²) in [7, 11) is 0. The van der Waals surface area contributed by atoms with E-state index in [0.29, 0.717) is 17.1 Å². The molecule has 0 unspecified atom stereocenters. The van der Waals surface area contributed by atoms with Crippen molar-refractivity contribution in [2.75, 3.05) is 5.32 Å². The number of fused-ring (bicyclic) bond motifs is 1. The lowest BCUT2D eigenvalue weighted by atomic mass is 10.2. The molecule has 1 aromatic carbocycles. The number of nitrogens with zero attached hydrogens (tertiary/aromatic N) is 1. The second-order valence-electron chi connectivity index (χ2n) is 6.06. The maximum atomic E-state index is 12.4. The maximum Gasteiger partial charge on any atom is 0.270 e. The monoisotopic (exact) mass is 401 g/mol. The van der Waals surface area contributed by atoms with E-state index in [9.17, 15) is 4.79 Å². The summed E-state index contributed by atoms with van der Waals surface area (Å²) in [4.78, 5) is 16.9. The summed E-state index contributed by atoms with van der Waals surface area (Å²) in [6.07, 6.45) is 2.46. The number of furan rings is 1. The Balaban J connectivity index is 1.97. The van der Waals surface area contributed by atoms with Gasteiger partial charge >= 0.3 is 0 Å². The normalized spacial score (nSPS) is 12.2. The van der Waals surface area contributed by atoms with Gasteiger partial charge in [0.15, 0.2) is 0 Å². The number of carbonyl (C=O) groups excluding carboxylic acids is 1. The number of pyridine rings is 1. The molecule has 130 valence electrons. The number of nitrogens with one attached hydrogen (secondary N) is 2. The number of amides is 1. The summed E-state index contributed by atoms with van der Waals surface area (Å²) in [6.45, 7) is 6.01. The Bertz CT molecular complexity index is 920. The Morgan fingerprint density at radius 2 is 2.12 bits per heavy atom. The van der Waals surface area contributed by atoms with Crippen molar-refractivity contribution in [1.82, 2.24) is 10.3 Å². The van der Waals surface area contributed by atoms with Crippen LogP contribution >= 0.6 is 15.9 Å². The average molecular weight is 402 g/mol. The quantitative estimate of drug-likeness (QED) is 0.618. The predicted octanol–water partition coefficient (Wildman–Crippen LogP) is 5.17. The highest BCUT2D eigenvalue weighted by atomic mass is 79.9. The molecule has 0 fully saturated rings. The van der Waals surface area contributed by atoms with Crippen molar-refractivity contribution >= 4 is 44.3 Å². The highest BCUT2D eigenvalue weighted by Crippen LogP contribution is 2.28. The van der Waals surface area contributed by atoms with Crippen LogP contribution in [0.2, 0.25) is 0 Å². The number of rotatable bonds is 5. The van der Waals surface area contributed by atoms with Crippen LogP contribution in [0.4, 0.5) is 11.5 Å². The predicted molar refractivity (Wildman–Crippen MR) is 103 cm³/mol. The van der Waals surface area contributed by atoms with Crippen LogP contribution < -0.4 is 10.6 Å². The first-order chi connectivity index (χ1) is 12.0. The summed E-state index contributed by atoms with van der Waals surface area (Å²) in [5.41, 5.74) is 2.97. The number of carbonyl (C=O) groups is 1. The van der Waals surface area contributed by atoms with Crippen LogP contribution in [0.25, 0.3) is 11.0 Å². The minimum atomic E-state index is -0.206. The summed E-state index contributed by atoms with van der Waals surface area (Å²) in [5.74, 6) is 0.393. The molecule has 0 saturated heterocycles. The molecule has 6 heteroatoms. The zero-order valence-corrected chi connectivity index (χ0v) is 16.0. The van der Waals surface area contributed by atoms with E-state index >= 15 is 0 Å². The topological polar surface area (TPSA) is 67.2 Å². The van der Waals surface area contributed by atoms with Gasteiger partial charge in [-0.25, -0.2) is 4.98 Å². The van der Waals surface area contributed by atoms with Crippen LogP contribution in [-0.2, 0) is 0 Å². The van der Waals surface area contributed by atoms with Crippen LogP contribution in [0.3, 0.4) is 0 Å². The third kappa shape index (κ3) is 3.85. The van der Waals surface area contributed by atoms with E-state index in [1.54, 1.807) is 12.3 Å². The van der Waals surface area contributed by atoms with E-state index in [1.165, 1.54) is 0 Å². The second-order valence-corrected chi connectivity index (χ2v) is 6.91. The van der Waals surface area contributed by atoms with Crippen molar-refractivity contribution in [2.45, 2.75) is 33.2 Å². The Morgan fingerprint density at radius 3 is 2.84 bits per heavy atom. The zero-order valence-electron chi connectivity index (χ0n) is 14.4. The molecule has 3 rings (SSSR count). The van der Waals surface area contributed by atoms with Gasteiger partial charge in [0.05, 0.1) is 11.6 Å². The van der Waals surface area contributed by atoms with Crippen LogP contribution in [0.1, 0.15) is 36.3 Å². The Morgan fingerprint density at radius 1 is 1.32 bits per heavy atom. The lowest BCUT2D eigenvalue weighted by Gasteiger charge is -2.13. The maximum absolute atomic E-state index is 12.4. The van der Waals surface area contributed by atoms with Gasteiger partial charge < -0.3 is 15.1 Å². The average Bonchev–Trinajstić information content (AvgIpc) is 3.06. The van der Waals surface area contributed by atoms with Crippen molar-refractivity contribution < 1.29 is 9.21 Å². The van der Waals surface area contributed by atoms with Crippen molar-refractivity contribution in [2.24, 2.45) is 0 Å². The zero-order chi connectivity index (χ0) is 18.0. The van der Waals surface area contributed by atoms with E-state index in [-0.39, 0.29) is 11.9 Å². The van der Waals surface area contributed by atoms with Crippen molar-refractivity contribution in [3.8, 4) is 0 Å². The molecule has 2 heterocycles. The summed E-state index contributed by atoms with van der Waals surface area (Å²) in [5, 5.41) is 7.06. The molecule has 0 aliphatic carbocycles. The number of halogens is 1. The minimum Gasteiger partial charge on any atom is -0.464 e. The number of anilines is 2. The Hall–Kier alpha value is -2.34. The van der Waals surface area contributed by atoms with Gasteiger partial charge in [0.2, 0.25) is 0 Å². The third-order valence-electron chi connectivity index (χ3n) is 4.09. The van der Waals surface area contributed by atoms with E-state index in [0.717, 1.165) is 27.5 Å². The molecular formula is C19H20BrN3O2. The Labute approximate surface area is 155 Å². The largest absolute Gasteiger partial charge is 0.464 e. The molecule has 0 saturated carbocycles. The first kappa shape index (κ1) is 17.5. The van der Waals surface area contributed by atoms with Gasteiger partial charge in [-0.1, -0.05) is 22.9 Å². The Kier molecular flexibility index (Phi) is 5.08. The first-order valence-electron chi connectivity index (χ1n) is 8.20. The number of benzene rings is 1. The summed E-state index contributed by atoms with van der Waals surface area (Å²) in [6, 6.07) is 9.55. The lowest BCUT2D eigenvalue weighted by molar-refractivity contribution is 0.0934. The molecule has 0 bridgehead atoms. The number of hydrogen-bond acceptors (Lipinski definition) is 4. The van der Waals surface area contributed by atoms with Crippen LogP contribution in [0.15, 0.2) is 45.5 Å². The van der Waals surface area contributed by atoms with Gasteiger partial charge in [-0.05, 0) is 50.1 Å². The minimum absolute atomic E-state index is 0.0899. The van der Waals surface area contributed by atoms with Gasteiger partial charge in [0, 0.05) is 22.3 Å². The molecule has 0 radical (unpaired) electrons. The second kappa shape index (κ2) is 7.27. The van der Waals surface area contributed by atoms with E-state index in [4.69, 9.17) is 4.42 Å². The fraction of sp³-hybridized carbons (Fsp3) is 0.263. The number of hydrogen-bond donors (Lipinski definition) is 2. The van der Waals surface area contributed by atoms with Gasteiger partial charge in [0.1, 0.15) is 17.1 Å². The third-order valence-corrected chi connectivity index (χ3v) is 4.98. The highest BCUT2D eigenvalue weighted by molar-refractivity contribution is 9.10. The molecule has 0 aliphatic heterocycles. The molecule has 2 aromatic heterocycles. The molecule has 0 aliphatic rings. The van der Waals surface area contributed by atoms with Gasteiger partial charge in [-0.3, -0.25) is 4.79 Å². The van der Waals surface area contributed by atoms with Crippen molar-refractivity contribution in [3.63, 3.8) is 0 Å². The van der Waals surface area contributed by atoms with E-state index < -0.39 is 0 Å². The lowest BCUT2D eigenvalue weighted by Crippen LogP contribution is -2.32. The number of aromatic nitrogens is 1. The smallest absolute Gasteiger partial charge is 0.270 e. The van der Waals surface area contributed by atoms with Crippen LogP contribution in [0.5, 0.6) is 0 Å². The van der Waals surface area contributed by atoms with Gasteiger partial charge in [-0.15, -0.1) is 0 Å². The standard InChI is InChI=1S/C19H20BrN3O2/c1-4-12(3)21-19(24)16-10-17-14(7-8-25-17)18(23-16)22-13-5-6-15(20)11(2)9-13/h5-10,12H,4H2,1-3H3,(H,21,24)(H,22,23)/t12-/m1/s1. The van der Waals surface area contributed by atoms with Crippen LogP contribution in [0, 0.1) is 6.92 Å². The van der Waals surface area contributed by atoms with Crippen LogP contribution in [-0.4, -0.2) is 16.9 Å². The summed E-state index contributed by atoms with van der Waals surface area (Å²) >= 11 is 3.50. The highest BCUT2D eigenvalue weighted by Gasteiger charge is 2.15. The fourth-order valence-corrected chi connectivity index (χ4v) is 2.68. The van der Waals surface area contributed by atoms with Crippen molar-refractivity contribution in [1.29, 1.82) is 0 Å². The molecule has 25 heavy (non-hydrogen) atoms. The molecular weight excluding hydrogens is 382 g/mol. The molecule has 1 amide bonds. The van der Waals surface area contributed by atoms with Gasteiger partial charge in [-0.2, -0.15) is 0 Å². The summed E-state index contributed by atoms with van der Waals surface area (Å²) < 4.78 is 6.54. The van der Waals surface area contributed by atoms with E-state index in [1.807, 2.05) is 45.0 Å². The first-order valence-corrected chi connectivity index (χ1v) is 8.99. The SMILES string of the molecule is CC[C@@H](C)NC(=O)c1cc2occc2c(Nc2ccc(Br)c(C)c2)n1. The fourth-order valence-electron chi connectivity index (χ4n) is 2.44. The van der Waals surface area contributed by atoms with E-state index in [2.05, 4.69) is 31.5 Å². The molecule has 2 N–H and O–H groups in total.